The summed E-state index contributed by atoms with van der Waals surface area (Å²) in [4.78, 5) is 9.07. The Kier molecular flexibility index (Phi) is 11.8. The van der Waals surface area contributed by atoms with Gasteiger partial charge in [-0.1, -0.05) is 123 Å². The minimum absolute atomic E-state index is 0.159. The van der Waals surface area contributed by atoms with E-state index in [1.165, 1.54) is 67.3 Å². The molecular weight excluding hydrogens is 841 g/mol. The molecule has 0 aliphatic carbocycles. The molecule has 8 aromatic rings. The number of benzene rings is 8. The number of rotatable bonds is 8. The van der Waals surface area contributed by atoms with E-state index in [0.717, 1.165) is 55.6 Å². The van der Waals surface area contributed by atoms with Crippen LogP contribution in [-0.4, -0.2) is 26.9 Å². The second-order valence-corrected chi connectivity index (χ2v) is 18.6. The predicted molar refractivity (Wildman–Crippen MR) is 273 cm³/mol. The fourth-order valence-electron chi connectivity index (χ4n) is 9.60. The number of ether oxygens (including phenoxy) is 4. The molecule has 0 spiro atoms. The summed E-state index contributed by atoms with van der Waals surface area (Å²) >= 11 is 0. The Morgan fingerprint density at radius 3 is 1.06 bits per heavy atom. The number of hydrogen-bond acceptors (Lipinski definition) is 8. The van der Waals surface area contributed by atoms with E-state index in [1.807, 2.05) is 36.4 Å². The zero-order valence-electron chi connectivity index (χ0n) is 38.8. The van der Waals surface area contributed by atoms with Gasteiger partial charge >= 0.3 is 0 Å². The highest BCUT2D eigenvalue weighted by Gasteiger charge is 2.29. The van der Waals surface area contributed by atoms with E-state index in [9.17, 15) is 0 Å². The van der Waals surface area contributed by atoms with Crippen LogP contribution in [0.2, 0.25) is 0 Å². The van der Waals surface area contributed by atoms with Crippen molar-refractivity contribution in [1.82, 2.24) is 0 Å². The molecule has 0 saturated carbocycles. The van der Waals surface area contributed by atoms with Gasteiger partial charge in [0, 0.05) is 76.6 Å². The van der Waals surface area contributed by atoms with Gasteiger partial charge in [0.2, 0.25) is 0 Å². The number of fused-ring (bicyclic) bond motifs is 4. The van der Waals surface area contributed by atoms with Gasteiger partial charge in [0.25, 0.3) is 0 Å². The first-order chi connectivity index (χ1) is 33.4. The molecule has 12 rings (SSSR count). The van der Waals surface area contributed by atoms with Gasteiger partial charge in [-0.15, -0.1) is 0 Å². The highest BCUT2D eigenvalue weighted by molar-refractivity contribution is 5.56. The van der Waals surface area contributed by atoms with Crippen molar-refractivity contribution in [3.63, 3.8) is 0 Å². The lowest BCUT2D eigenvalue weighted by Gasteiger charge is -2.34. The number of nitrogens with zero attached hydrogens (tertiary/aromatic N) is 4. The normalized spacial score (nSPS) is 14.9. The summed E-state index contributed by atoms with van der Waals surface area (Å²) in [5, 5.41) is 0. The Morgan fingerprint density at radius 1 is 0.338 bits per heavy atom. The van der Waals surface area contributed by atoms with Crippen LogP contribution in [0.1, 0.15) is 58.4 Å². The molecule has 0 atom stereocenters. The SMILES string of the molecule is CC(C)(c1ccc2c(c1)CN(c1ccccc1)CO2)c1ccc2c(c1)CN(c1ccccc1)CO2.c1ccc2c(c1)CN(c1ccc(Cc3ccc(N4COc5ccccc5C4)cc3)cc1)CO2. The van der Waals surface area contributed by atoms with Crippen molar-refractivity contribution in [2.45, 2.75) is 51.9 Å². The minimum atomic E-state index is -0.159. The summed E-state index contributed by atoms with van der Waals surface area (Å²) in [6.07, 6.45) is 0.916. The lowest BCUT2D eigenvalue weighted by Crippen LogP contribution is -2.32. The second kappa shape index (κ2) is 18.8. The van der Waals surface area contributed by atoms with Crippen molar-refractivity contribution in [3.8, 4) is 23.0 Å². The highest BCUT2D eigenvalue weighted by Crippen LogP contribution is 2.39. The summed E-state index contributed by atoms with van der Waals surface area (Å²) in [6.45, 7) is 10.3. The average Bonchev–Trinajstić information content (AvgIpc) is 3.41. The molecule has 4 aliphatic rings. The van der Waals surface area contributed by atoms with E-state index in [-0.39, 0.29) is 5.41 Å². The number of anilines is 4. The summed E-state index contributed by atoms with van der Waals surface area (Å²) < 4.78 is 24.0. The molecule has 8 nitrogen and oxygen atoms in total. The van der Waals surface area contributed by atoms with Crippen LogP contribution in [0.15, 0.2) is 194 Å². The van der Waals surface area contributed by atoms with Gasteiger partial charge in [-0.2, -0.15) is 0 Å². The lowest BCUT2D eigenvalue weighted by atomic mass is 9.77. The third-order valence-corrected chi connectivity index (χ3v) is 13.7. The van der Waals surface area contributed by atoms with E-state index in [2.05, 4.69) is 191 Å². The van der Waals surface area contributed by atoms with Crippen molar-refractivity contribution >= 4 is 22.7 Å². The first-order valence-corrected chi connectivity index (χ1v) is 23.6. The van der Waals surface area contributed by atoms with Crippen LogP contribution >= 0.6 is 0 Å². The quantitative estimate of drug-likeness (QED) is 0.150. The van der Waals surface area contributed by atoms with Gasteiger partial charge in [-0.3, -0.25) is 0 Å². The number of hydrogen-bond donors (Lipinski definition) is 0. The predicted octanol–water partition coefficient (Wildman–Crippen LogP) is 12.7. The van der Waals surface area contributed by atoms with Crippen LogP contribution in [-0.2, 0) is 38.0 Å². The van der Waals surface area contributed by atoms with Crippen molar-refractivity contribution in [1.29, 1.82) is 0 Å². The molecule has 0 unspecified atom stereocenters. The zero-order valence-corrected chi connectivity index (χ0v) is 38.8. The molecule has 0 bridgehead atoms. The Balaban J connectivity index is 0.000000149. The average molecular weight is 897 g/mol. The maximum absolute atomic E-state index is 6.10. The van der Waals surface area contributed by atoms with Gasteiger partial charge in [0.15, 0.2) is 26.9 Å². The van der Waals surface area contributed by atoms with E-state index in [0.29, 0.717) is 26.9 Å². The maximum Gasteiger partial charge on any atom is 0.161 e. The van der Waals surface area contributed by atoms with Crippen LogP contribution in [0.4, 0.5) is 22.7 Å². The van der Waals surface area contributed by atoms with E-state index >= 15 is 0 Å². The molecule has 8 heteroatoms. The van der Waals surface area contributed by atoms with Gasteiger partial charge < -0.3 is 38.5 Å². The van der Waals surface area contributed by atoms with Gasteiger partial charge in [-0.05, 0) is 114 Å². The van der Waals surface area contributed by atoms with Crippen LogP contribution in [0.5, 0.6) is 23.0 Å². The first kappa shape index (κ1) is 42.8. The van der Waals surface area contributed by atoms with Crippen LogP contribution < -0.4 is 38.5 Å². The van der Waals surface area contributed by atoms with Gasteiger partial charge in [0.05, 0.1) is 0 Å². The Morgan fingerprint density at radius 2 is 0.662 bits per heavy atom. The third kappa shape index (κ3) is 9.14. The monoisotopic (exact) mass is 896 g/mol. The highest BCUT2D eigenvalue weighted by atomic mass is 16.5. The largest absolute Gasteiger partial charge is 0.473 e. The van der Waals surface area contributed by atoms with Gasteiger partial charge in [-0.25, -0.2) is 0 Å². The van der Waals surface area contributed by atoms with Crippen LogP contribution in [0.25, 0.3) is 0 Å². The fourth-order valence-corrected chi connectivity index (χ4v) is 9.60. The Labute approximate surface area is 400 Å². The molecular formula is C60H56N4O4. The first-order valence-electron chi connectivity index (χ1n) is 23.6. The van der Waals surface area contributed by atoms with Crippen molar-refractivity contribution in [3.05, 3.63) is 239 Å². The third-order valence-electron chi connectivity index (χ3n) is 13.7. The van der Waals surface area contributed by atoms with E-state index < -0.39 is 0 Å². The number of para-hydroxylation sites is 4. The molecule has 0 N–H and O–H groups in total. The Hall–Kier alpha value is -7.84. The lowest BCUT2D eigenvalue weighted by molar-refractivity contribution is 0.288. The van der Waals surface area contributed by atoms with E-state index in [1.54, 1.807) is 0 Å². The molecule has 0 radical (unpaired) electrons. The summed E-state index contributed by atoms with van der Waals surface area (Å²) in [5.74, 6) is 3.95. The molecule has 0 amide bonds. The molecule has 0 fully saturated rings. The van der Waals surface area contributed by atoms with Gasteiger partial charge in [0.1, 0.15) is 23.0 Å². The smallest absolute Gasteiger partial charge is 0.161 e. The summed E-state index contributed by atoms with van der Waals surface area (Å²) in [6, 6.07) is 68.4. The second-order valence-electron chi connectivity index (χ2n) is 18.6. The molecule has 4 heterocycles. The summed E-state index contributed by atoms with van der Waals surface area (Å²) in [7, 11) is 0. The van der Waals surface area contributed by atoms with Crippen LogP contribution in [0, 0.1) is 0 Å². The van der Waals surface area contributed by atoms with Crippen molar-refractivity contribution < 1.29 is 18.9 Å². The molecule has 0 aromatic heterocycles. The zero-order chi connectivity index (χ0) is 45.9. The van der Waals surface area contributed by atoms with Crippen LogP contribution in [0.3, 0.4) is 0 Å². The molecule has 4 aliphatic heterocycles. The maximum atomic E-state index is 6.10. The standard InChI is InChI=1S/C31H30N2O2.C29H26N2O2/c1-31(2,25-13-15-29-23(17-25)19-32(21-34-29)27-9-5-3-6-10-27)26-14-16-30-24(18-26)20-33(22-35-30)28-11-7-4-8-12-28;1-3-7-28-24(5-1)18-30(20-32-28)26-13-9-22(10-14-26)17-23-11-15-27(16-12-23)31-19-25-6-2-4-8-29(25)33-21-31/h3-18H,19-22H2,1-2H3;1-16H,17-21H2. The molecule has 68 heavy (non-hydrogen) atoms. The molecule has 0 saturated heterocycles. The fraction of sp³-hybridized carbons (Fsp3) is 0.200. The van der Waals surface area contributed by atoms with E-state index in [4.69, 9.17) is 18.9 Å². The Bertz CT molecular complexity index is 2790. The minimum Gasteiger partial charge on any atom is -0.473 e. The topological polar surface area (TPSA) is 49.9 Å². The molecule has 8 aromatic carbocycles. The molecule has 340 valence electrons. The van der Waals surface area contributed by atoms with Crippen molar-refractivity contribution in [2.75, 3.05) is 46.5 Å². The van der Waals surface area contributed by atoms with Crippen molar-refractivity contribution in [2.24, 2.45) is 0 Å². The summed E-state index contributed by atoms with van der Waals surface area (Å²) in [5.41, 5.74) is 14.7.